The number of fused-ring (bicyclic) bond motifs is 1. The monoisotopic (exact) mass is 351 g/mol. The van der Waals surface area contributed by atoms with Crippen LogP contribution in [0.3, 0.4) is 0 Å². The van der Waals surface area contributed by atoms with Crippen molar-refractivity contribution in [2.75, 3.05) is 0 Å². The molecule has 7 heteroatoms. The highest BCUT2D eigenvalue weighted by atomic mass is 16.5. The van der Waals surface area contributed by atoms with Gasteiger partial charge in [-0.3, -0.25) is 4.79 Å². The Kier molecular flexibility index (Phi) is 4.51. The highest BCUT2D eigenvalue weighted by Crippen LogP contribution is 2.23. The smallest absolute Gasteiger partial charge is 0.257 e. The molecule has 1 fully saturated rings. The van der Waals surface area contributed by atoms with Crippen LogP contribution in [0.25, 0.3) is 5.65 Å². The first-order valence-electron chi connectivity index (χ1n) is 8.90. The summed E-state index contributed by atoms with van der Waals surface area (Å²) in [5.41, 5.74) is 2.66. The molecule has 4 rings (SSSR count). The van der Waals surface area contributed by atoms with Crippen LogP contribution in [-0.4, -0.2) is 31.6 Å². The summed E-state index contributed by atoms with van der Waals surface area (Å²) in [5, 5.41) is 7.26. The number of rotatable bonds is 5. The molecule has 0 aromatic carbocycles. The number of amides is 1. The first-order chi connectivity index (χ1) is 12.7. The molecule has 26 heavy (non-hydrogen) atoms. The van der Waals surface area contributed by atoms with Crippen molar-refractivity contribution in [1.82, 2.24) is 24.9 Å². The molecule has 0 atom stereocenters. The van der Waals surface area contributed by atoms with Gasteiger partial charge in [0.25, 0.3) is 5.91 Å². The number of nitrogens with zero attached hydrogens (tertiary/aromatic N) is 4. The van der Waals surface area contributed by atoms with Crippen molar-refractivity contribution in [2.45, 2.75) is 45.3 Å². The standard InChI is InChI=1S/C19H21N5O2/c1-13-17(18-21-8-4-10-24(18)23-13)19(25)22-12-14-7-9-20-16(11-14)26-15-5-2-3-6-15/h4,7-11,15H,2-3,5-6,12H2,1H3,(H,22,25). The third kappa shape index (κ3) is 3.37. The number of aryl methyl sites for hydroxylation is 1. The van der Waals surface area contributed by atoms with Crippen LogP contribution >= 0.6 is 0 Å². The Morgan fingerprint density at radius 3 is 3.00 bits per heavy atom. The molecule has 134 valence electrons. The van der Waals surface area contributed by atoms with Gasteiger partial charge in [0.1, 0.15) is 11.7 Å². The lowest BCUT2D eigenvalue weighted by Crippen LogP contribution is -2.23. The minimum absolute atomic E-state index is 0.189. The Labute approximate surface area is 151 Å². The van der Waals surface area contributed by atoms with Crippen molar-refractivity contribution in [3.63, 3.8) is 0 Å². The van der Waals surface area contributed by atoms with Crippen LogP contribution in [0.1, 0.15) is 47.3 Å². The van der Waals surface area contributed by atoms with E-state index in [-0.39, 0.29) is 12.0 Å². The molecule has 7 nitrogen and oxygen atoms in total. The second-order valence-corrected chi connectivity index (χ2v) is 6.56. The molecule has 0 aliphatic heterocycles. The molecule has 3 heterocycles. The van der Waals surface area contributed by atoms with Gasteiger partial charge in [-0.25, -0.2) is 14.5 Å². The maximum atomic E-state index is 12.6. The van der Waals surface area contributed by atoms with E-state index in [4.69, 9.17) is 4.74 Å². The summed E-state index contributed by atoms with van der Waals surface area (Å²) >= 11 is 0. The van der Waals surface area contributed by atoms with Crippen LogP contribution in [0.15, 0.2) is 36.8 Å². The molecule has 1 N–H and O–H groups in total. The molecule has 1 aliphatic rings. The van der Waals surface area contributed by atoms with Gasteiger partial charge in [-0.15, -0.1) is 0 Å². The molecular formula is C19H21N5O2. The quantitative estimate of drug-likeness (QED) is 0.764. The van der Waals surface area contributed by atoms with Gasteiger partial charge in [0.15, 0.2) is 5.65 Å². The Hall–Kier alpha value is -2.96. The molecule has 1 amide bonds. The van der Waals surface area contributed by atoms with Gasteiger partial charge in [-0.2, -0.15) is 5.10 Å². The van der Waals surface area contributed by atoms with Gasteiger partial charge in [0, 0.05) is 31.2 Å². The average Bonchev–Trinajstić information content (AvgIpc) is 3.26. The number of carbonyl (C=O) groups is 1. The molecule has 0 bridgehead atoms. The largest absolute Gasteiger partial charge is 0.474 e. The second-order valence-electron chi connectivity index (χ2n) is 6.56. The maximum absolute atomic E-state index is 12.6. The van der Waals surface area contributed by atoms with Crippen molar-refractivity contribution in [2.24, 2.45) is 0 Å². The summed E-state index contributed by atoms with van der Waals surface area (Å²) in [6.07, 6.45) is 10.0. The summed E-state index contributed by atoms with van der Waals surface area (Å²) in [6, 6.07) is 5.55. The van der Waals surface area contributed by atoms with Crippen molar-refractivity contribution in [1.29, 1.82) is 0 Å². The van der Waals surface area contributed by atoms with Gasteiger partial charge >= 0.3 is 0 Å². The zero-order valence-corrected chi connectivity index (χ0v) is 14.7. The first-order valence-corrected chi connectivity index (χ1v) is 8.90. The van der Waals surface area contributed by atoms with Crippen molar-refractivity contribution in [3.8, 4) is 5.88 Å². The Bertz CT molecular complexity index is 931. The van der Waals surface area contributed by atoms with E-state index in [1.54, 1.807) is 29.2 Å². The van der Waals surface area contributed by atoms with E-state index in [9.17, 15) is 4.79 Å². The van der Waals surface area contributed by atoms with Crippen LogP contribution in [0.2, 0.25) is 0 Å². The lowest BCUT2D eigenvalue weighted by atomic mass is 10.2. The predicted octanol–water partition coefficient (Wildman–Crippen LogP) is 2.68. The highest BCUT2D eigenvalue weighted by Gasteiger charge is 2.19. The average molecular weight is 351 g/mol. The zero-order chi connectivity index (χ0) is 17.9. The molecule has 1 aliphatic carbocycles. The number of ether oxygens (including phenoxy) is 1. The molecule has 3 aromatic heterocycles. The van der Waals surface area contributed by atoms with Crippen LogP contribution in [-0.2, 0) is 6.54 Å². The lowest BCUT2D eigenvalue weighted by Gasteiger charge is -2.13. The third-order valence-electron chi connectivity index (χ3n) is 4.64. The summed E-state index contributed by atoms with van der Waals surface area (Å²) < 4.78 is 7.54. The van der Waals surface area contributed by atoms with E-state index >= 15 is 0 Å². The van der Waals surface area contributed by atoms with Crippen LogP contribution < -0.4 is 10.1 Å². The molecule has 0 unspecified atom stereocenters. The van der Waals surface area contributed by atoms with E-state index in [2.05, 4.69) is 20.4 Å². The topological polar surface area (TPSA) is 81.4 Å². The Morgan fingerprint density at radius 1 is 1.31 bits per heavy atom. The molecule has 0 saturated heterocycles. The Morgan fingerprint density at radius 2 is 2.15 bits per heavy atom. The van der Waals surface area contributed by atoms with Crippen molar-refractivity contribution >= 4 is 11.6 Å². The first kappa shape index (κ1) is 16.5. The third-order valence-corrected chi connectivity index (χ3v) is 4.64. The summed E-state index contributed by atoms with van der Waals surface area (Å²) in [6.45, 7) is 2.20. The van der Waals surface area contributed by atoms with E-state index in [0.29, 0.717) is 29.3 Å². The number of carbonyl (C=O) groups excluding carboxylic acids is 1. The fourth-order valence-electron chi connectivity index (χ4n) is 3.33. The molecule has 1 saturated carbocycles. The number of aromatic nitrogens is 4. The predicted molar refractivity (Wildman–Crippen MR) is 96.0 cm³/mol. The van der Waals surface area contributed by atoms with Crippen LogP contribution in [0.5, 0.6) is 5.88 Å². The van der Waals surface area contributed by atoms with E-state index in [1.807, 2.05) is 19.1 Å². The lowest BCUT2D eigenvalue weighted by molar-refractivity contribution is 0.0951. The number of hydrogen-bond donors (Lipinski definition) is 1. The molecule has 3 aromatic rings. The normalized spacial score (nSPS) is 14.7. The van der Waals surface area contributed by atoms with E-state index in [1.165, 1.54) is 12.8 Å². The number of pyridine rings is 1. The van der Waals surface area contributed by atoms with E-state index in [0.717, 1.165) is 18.4 Å². The maximum Gasteiger partial charge on any atom is 0.257 e. The fraction of sp³-hybridized carbons (Fsp3) is 0.368. The summed E-state index contributed by atoms with van der Waals surface area (Å²) in [5.74, 6) is 0.434. The minimum atomic E-state index is -0.189. The molecule has 0 radical (unpaired) electrons. The van der Waals surface area contributed by atoms with Crippen molar-refractivity contribution in [3.05, 3.63) is 53.6 Å². The minimum Gasteiger partial charge on any atom is -0.474 e. The van der Waals surface area contributed by atoms with Gasteiger partial charge < -0.3 is 10.1 Å². The SMILES string of the molecule is Cc1nn2cccnc2c1C(=O)NCc1ccnc(OC2CCCC2)c1. The van der Waals surface area contributed by atoms with Gasteiger partial charge in [-0.05, 0) is 50.3 Å². The van der Waals surface area contributed by atoms with Crippen LogP contribution in [0, 0.1) is 6.92 Å². The summed E-state index contributed by atoms with van der Waals surface area (Å²) in [4.78, 5) is 21.2. The van der Waals surface area contributed by atoms with Crippen LogP contribution in [0.4, 0.5) is 0 Å². The van der Waals surface area contributed by atoms with Gasteiger partial charge in [0.05, 0.1) is 5.69 Å². The zero-order valence-electron chi connectivity index (χ0n) is 14.7. The number of nitrogens with one attached hydrogen (secondary N) is 1. The highest BCUT2D eigenvalue weighted by molar-refractivity contribution is 6.00. The van der Waals surface area contributed by atoms with Gasteiger partial charge in [0.2, 0.25) is 5.88 Å². The number of hydrogen-bond acceptors (Lipinski definition) is 5. The summed E-state index contributed by atoms with van der Waals surface area (Å²) in [7, 11) is 0. The van der Waals surface area contributed by atoms with E-state index < -0.39 is 0 Å². The molecular weight excluding hydrogens is 330 g/mol. The fourth-order valence-corrected chi connectivity index (χ4v) is 3.33. The Balaban J connectivity index is 1.45. The second kappa shape index (κ2) is 7.11. The van der Waals surface area contributed by atoms with Crippen molar-refractivity contribution < 1.29 is 9.53 Å². The van der Waals surface area contributed by atoms with Gasteiger partial charge in [-0.1, -0.05) is 0 Å². The molecule has 0 spiro atoms.